The topological polar surface area (TPSA) is 97.4 Å². The van der Waals surface area contributed by atoms with E-state index in [0.717, 1.165) is 11.3 Å². The van der Waals surface area contributed by atoms with Gasteiger partial charge in [-0.25, -0.2) is 4.79 Å². The molecule has 30 heavy (non-hydrogen) atoms. The average Bonchev–Trinajstić information content (AvgIpc) is 2.67. The maximum Gasteiger partial charge on any atom is 0.490 e. The Kier molecular flexibility index (Phi) is 8.45. The first-order valence-electron chi connectivity index (χ1n) is 8.35. The zero-order chi connectivity index (χ0) is 22.9. The Bertz CT molecular complexity index is 972. The molecule has 0 saturated carbocycles. The van der Waals surface area contributed by atoms with E-state index in [-0.39, 0.29) is 5.57 Å². The number of carboxylic acids is 1. The van der Waals surface area contributed by atoms with Gasteiger partial charge in [0.25, 0.3) is 0 Å². The van der Waals surface area contributed by atoms with Crippen molar-refractivity contribution in [3.63, 3.8) is 0 Å². The van der Waals surface area contributed by atoms with Crippen LogP contribution in [0.5, 0.6) is 0 Å². The van der Waals surface area contributed by atoms with Gasteiger partial charge in [-0.1, -0.05) is 18.2 Å². The molecule has 1 N–H and O–H groups in total. The number of rotatable bonds is 3. The summed E-state index contributed by atoms with van der Waals surface area (Å²) in [7, 11) is 3.99. The molecule has 1 aromatic carbocycles. The van der Waals surface area contributed by atoms with Gasteiger partial charge in [0.1, 0.15) is 29.2 Å². The van der Waals surface area contributed by atoms with Crippen molar-refractivity contribution in [2.24, 2.45) is 0 Å². The Morgan fingerprint density at radius 1 is 1.10 bits per heavy atom. The summed E-state index contributed by atoms with van der Waals surface area (Å²) in [6.07, 6.45) is 2.05. The Balaban J connectivity index is 0.000000553. The van der Waals surface area contributed by atoms with Gasteiger partial charge in [-0.05, 0) is 42.8 Å². The summed E-state index contributed by atoms with van der Waals surface area (Å²) in [5, 5.41) is 25.1. The van der Waals surface area contributed by atoms with Gasteiger partial charge in [0.2, 0.25) is 0 Å². The number of carboxylic acid groups (broad SMARTS) is 1. The van der Waals surface area contributed by atoms with E-state index < -0.39 is 12.1 Å². The number of alkyl halides is 3. The average molecular weight is 417 g/mol. The summed E-state index contributed by atoms with van der Waals surface area (Å²) in [5.41, 5.74) is 2.82. The number of nitrogens with zero attached hydrogens (tertiary/aromatic N) is 3. The largest absolute Gasteiger partial charge is 0.490 e. The number of carbonyl (C=O) groups is 1. The molecule has 0 amide bonds. The number of ether oxygens (including phenoxy) is 1. The first kappa shape index (κ1) is 24.1. The summed E-state index contributed by atoms with van der Waals surface area (Å²) in [6, 6.07) is 11.9. The molecule has 0 atom stereocenters. The summed E-state index contributed by atoms with van der Waals surface area (Å²) < 4.78 is 37.3. The molecule has 9 heteroatoms. The third-order valence-corrected chi connectivity index (χ3v) is 3.54. The molecule has 0 spiro atoms. The van der Waals surface area contributed by atoms with E-state index in [1.54, 1.807) is 19.1 Å². The second kappa shape index (κ2) is 10.5. The monoisotopic (exact) mass is 417 g/mol. The summed E-state index contributed by atoms with van der Waals surface area (Å²) in [5.74, 6) is -1.51. The molecule has 0 aliphatic carbocycles. The first-order valence-corrected chi connectivity index (χ1v) is 8.35. The fourth-order valence-corrected chi connectivity index (χ4v) is 2.10. The normalized spacial score (nSPS) is 13.0. The fraction of sp³-hybridized carbons (Fsp3) is 0.190. The molecule has 0 fully saturated rings. The molecule has 156 valence electrons. The second-order valence-corrected chi connectivity index (χ2v) is 6.08. The van der Waals surface area contributed by atoms with Crippen molar-refractivity contribution in [1.82, 2.24) is 0 Å². The maximum atomic E-state index is 10.6. The third kappa shape index (κ3) is 7.56. The summed E-state index contributed by atoms with van der Waals surface area (Å²) in [4.78, 5) is 10.9. The first-order chi connectivity index (χ1) is 14.0. The third-order valence-electron chi connectivity index (χ3n) is 3.54. The molecule has 0 unspecified atom stereocenters. The Hall–Kier alpha value is -3.98. The van der Waals surface area contributed by atoms with Crippen LogP contribution in [-0.4, -0.2) is 31.3 Å². The molecule has 0 radical (unpaired) electrons. The predicted octanol–water partition coefficient (Wildman–Crippen LogP) is 4.56. The van der Waals surface area contributed by atoms with E-state index in [1.165, 1.54) is 0 Å². The molecule has 1 heterocycles. The van der Waals surface area contributed by atoms with Crippen LogP contribution in [0, 0.1) is 22.7 Å². The van der Waals surface area contributed by atoms with Crippen molar-refractivity contribution in [2.75, 3.05) is 19.0 Å². The molecule has 1 aliphatic heterocycles. The number of hydrogen-bond acceptors (Lipinski definition) is 5. The van der Waals surface area contributed by atoms with Gasteiger partial charge < -0.3 is 14.7 Å². The van der Waals surface area contributed by atoms with Crippen LogP contribution in [-0.2, 0) is 9.53 Å². The van der Waals surface area contributed by atoms with Gasteiger partial charge >= 0.3 is 12.1 Å². The lowest BCUT2D eigenvalue weighted by Crippen LogP contribution is -2.21. The molecule has 0 bridgehead atoms. The molecular weight excluding hydrogens is 399 g/mol. The Morgan fingerprint density at radius 2 is 1.63 bits per heavy atom. The van der Waals surface area contributed by atoms with Crippen LogP contribution in [0.1, 0.15) is 12.5 Å². The van der Waals surface area contributed by atoms with E-state index in [9.17, 15) is 13.2 Å². The van der Waals surface area contributed by atoms with Crippen LogP contribution in [0.2, 0.25) is 0 Å². The zero-order valence-electron chi connectivity index (χ0n) is 16.4. The highest BCUT2D eigenvalue weighted by Crippen LogP contribution is 2.23. The van der Waals surface area contributed by atoms with Crippen LogP contribution in [0.15, 0.2) is 65.2 Å². The minimum atomic E-state index is -5.08. The highest BCUT2D eigenvalue weighted by Gasteiger charge is 2.38. The molecule has 0 aromatic heterocycles. The van der Waals surface area contributed by atoms with Gasteiger partial charge in [0.05, 0.1) is 0 Å². The van der Waals surface area contributed by atoms with E-state index in [1.807, 2.05) is 67.6 Å². The highest BCUT2D eigenvalue weighted by atomic mass is 19.4. The lowest BCUT2D eigenvalue weighted by Gasteiger charge is -2.13. The van der Waals surface area contributed by atoms with Crippen LogP contribution in [0.4, 0.5) is 18.9 Å². The fourth-order valence-electron chi connectivity index (χ4n) is 2.10. The van der Waals surface area contributed by atoms with Crippen LogP contribution < -0.4 is 4.90 Å². The molecule has 2 rings (SSSR count). The Labute approximate surface area is 171 Å². The van der Waals surface area contributed by atoms with E-state index in [2.05, 4.69) is 0 Å². The van der Waals surface area contributed by atoms with Crippen molar-refractivity contribution >= 4 is 17.7 Å². The highest BCUT2D eigenvalue weighted by molar-refractivity contribution is 5.73. The maximum absolute atomic E-state index is 10.6. The molecule has 1 aromatic rings. The lowest BCUT2D eigenvalue weighted by atomic mass is 10.1. The van der Waals surface area contributed by atoms with Gasteiger partial charge in [-0.2, -0.15) is 23.7 Å². The van der Waals surface area contributed by atoms with Crippen LogP contribution in [0.25, 0.3) is 6.08 Å². The van der Waals surface area contributed by atoms with E-state index in [0.29, 0.717) is 17.1 Å². The molecule has 6 nitrogen and oxygen atoms in total. The van der Waals surface area contributed by atoms with E-state index in [4.69, 9.17) is 25.2 Å². The zero-order valence-corrected chi connectivity index (χ0v) is 16.4. The van der Waals surface area contributed by atoms with Crippen molar-refractivity contribution < 1.29 is 27.8 Å². The SMILES string of the molecule is CC1=CC(=C(C#N)C#N)C=C(/C=C/c2ccc(N(C)C)cc2)O1.O=C(O)C(F)(F)F. The molecule has 1 aliphatic rings. The van der Waals surface area contributed by atoms with Crippen molar-refractivity contribution in [3.05, 3.63) is 70.7 Å². The summed E-state index contributed by atoms with van der Waals surface area (Å²) in [6.45, 7) is 1.79. The van der Waals surface area contributed by atoms with Crippen LogP contribution >= 0.6 is 0 Å². The number of benzene rings is 1. The van der Waals surface area contributed by atoms with Gasteiger partial charge in [0.15, 0.2) is 0 Å². The number of allylic oxidation sites excluding steroid dienone is 6. The number of nitriles is 2. The van der Waals surface area contributed by atoms with Crippen molar-refractivity contribution in [1.29, 1.82) is 10.5 Å². The minimum Gasteiger partial charge on any atom is -0.475 e. The predicted molar refractivity (Wildman–Crippen MR) is 105 cm³/mol. The lowest BCUT2D eigenvalue weighted by molar-refractivity contribution is -0.192. The standard InChI is InChI=1S/C19H17N3O.C2HF3O2/c1-14-10-16(17(12-20)13-21)11-19(23-14)9-6-15-4-7-18(8-5-15)22(2)3;3-2(4,5)1(6)7/h4-11H,1-3H3;(H,6,7)/b9-6+;. The molecular formula is C21H18F3N3O3. The Morgan fingerprint density at radius 3 is 2.07 bits per heavy atom. The number of halogens is 3. The smallest absolute Gasteiger partial charge is 0.475 e. The van der Waals surface area contributed by atoms with Crippen molar-refractivity contribution in [2.45, 2.75) is 13.1 Å². The number of aliphatic carboxylic acids is 1. The second-order valence-electron chi connectivity index (χ2n) is 6.08. The van der Waals surface area contributed by atoms with Crippen LogP contribution in [0.3, 0.4) is 0 Å². The van der Waals surface area contributed by atoms with E-state index >= 15 is 0 Å². The molecule has 0 saturated heterocycles. The number of hydrogen-bond donors (Lipinski definition) is 1. The quantitative estimate of drug-likeness (QED) is 0.724. The van der Waals surface area contributed by atoms with Gasteiger partial charge in [0, 0.05) is 25.4 Å². The van der Waals surface area contributed by atoms with Gasteiger partial charge in [-0.15, -0.1) is 0 Å². The number of anilines is 1. The minimum absolute atomic E-state index is 0.0777. The van der Waals surface area contributed by atoms with Crippen molar-refractivity contribution in [3.8, 4) is 12.1 Å². The van der Waals surface area contributed by atoms with Gasteiger partial charge in [-0.3, -0.25) is 0 Å². The summed E-state index contributed by atoms with van der Waals surface area (Å²) >= 11 is 0.